The molecule has 0 saturated carbocycles. The molecule has 0 spiro atoms. The Morgan fingerprint density at radius 2 is 1.26 bits per heavy atom. The third kappa shape index (κ3) is 9.89. The van der Waals surface area contributed by atoms with Gasteiger partial charge in [0.2, 0.25) is 0 Å². The van der Waals surface area contributed by atoms with Crippen molar-refractivity contribution in [3.05, 3.63) is 70.2 Å². The molecule has 34 heavy (non-hydrogen) atoms. The summed E-state index contributed by atoms with van der Waals surface area (Å²) in [4.78, 5) is 23.5. The Morgan fingerprint density at radius 3 is 1.68 bits per heavy atom. The number of carbonyl (C=O) groups excluding carboxylic acids is 2. The third-order valence-corrected chi connectivity index (χ3v) is 6.38. The van der Waals surface area contributed by atoms with Crippen molar-refractivity contribution < 1.29 is 19.1 Å². The Hall–Kier alpha value is -2.33. The number of carbonyl (C=O) groups is 2. The van der Waals surface area contributed by atoms with Gasteiger partial charge in [0, 0.05) is 5.02 Å². The average Bonchev–Trinajstić information content (AvgIpc) is 2.81. The fourth-order valence-corrected chi connectivity index (χ4v) is 2.82. The highest BCUT2D eigenvalue weighted by molar-refractivity contribution is 6.30. The highest BCUT2D eigenvalue weighted by Gasteiger charge is 2.27. The zero-order valence-electron chi connectivity index (χ0n) is 22.0. The lowest BCUT2D eigenvalue weighted by Crippen LogP contribution is -2.25. The van der Waals surface area contributed by atoms with Crippen LogP contribution in [-0.2, 0) is 32.3 Å². The fourth-order valence-electron chi connectivity index (χ4n) is 2.60. The Balaban J connectivity index is 0.000000342. The minimum Gasteiger partial charge on any atom is -0.460 e. The largest absolute Gasteiger partial charge is 0.460 e. The molecule has 0 radical (unpaired) electrons. The molecule has 0 atom stereocenters. The molecule has 0 aromatic heterocycles. The van der Waals surface area contributed by atoms with E-state index in [0.29, 0.717) is 17.5 Å². The van der Waals surface area contributed by atoms with Crippen molar-refractivity contribution in [2.24, 2.45) is 10.8 Å². The van der Waals surface area contributed by atoms with E-state index >= 15 is 0 Å². The van der Waals surface area contributed by atoms with Gasteiger partial charge in [-0.15, -0.1) is 0 Å². The van der Waals surface area contributed by atoms with E-state index in [0.717, 1.165) is 24.0 Å². The number of esters is 2. The SMILES string of the molecule is CCC(C)(C)C(=O)OCc1ccc(C(C)C)cc1.CCC(C)(C)C(=O)OCc1cccc(Cl)c1. The Kier molecular flexibility index (Phi) is 11.8. The van der Waals surface area contributed by atoms with Crippen molar-refractivity contribution >= 4 is 23.5 Å². The van der Waals surface area contributed by atoms with E-state index < -0.39 is 10.8 Å². The van der Waals surface area contributed by atoms with Crippen molar-refractivity contribution in [2.75, 3.05) is 0 Å². The summed E-state index contributed by atoms with van der Waals surface area (Å²) in [5, 5.41) is 0.656. The van der Waals surface area contributed by atoms with Gasteiger partial charge in [0.15, 0.2) is 0 Å². The van der Waals surface area contributed by atoms with Gasteiger partial charge in [-0.05, 0) is 75.3 Å². The Morgan fingerprint density at radius 1 is 0.794 bits per heavy atom. The molecular weight excluding hydrogens is 448 g/mol. The van der Waals surface area contributed by atoms with Crippen LogP contribution in [0.4, 0.5) is 0 Å². The molecule has 0 aliphatic heterocycles. The normalized spacial score (nSPS) is 11.5. The monoisotopic (exact) mass is 488 g/mol. The zero-order valence-corrected chi connectivity index (χ0v) is 22.8. The molecule has 0 aliphatic carbocycles. The van der Waals surface area contributed by atoms with Gasteiger partial charge in [0.25, 0.3) is 0 Å². The summed E-state index contributed by atoms with van der Waals surface area (Å²) < 4.78 is 10.6. The lowest BCUT2D eigenvalue weighted by molar-refractivity contribution is -0.156. The molecule has 0 bridgehead atoms. The molecule has 0 amide bonds. The number of rotatable bonds is 9. The van der Waals surface area contributed by atoms with E-state index in [2.05, 4.69) is 26.0 Å². The first-order valence-electron chi connectivity index (χ1n) is 12.0. The maximum Gasteiger partial charge on any atom is 0.311 e. The van der Waals surface area contributed by atoms with Crippen molar-refractivity contribution in [3.8, 4) is 0 Å². The summed E-state index contributed by atoms with van der Waals surface area (Å²) in [5.74, 6) is 0.230. The first-order chi connectivity index (χ1) is 15.8. The highest BCUT2D eigenvalue weighted by Crippen LogP contribution is 2.23. The van der Waals surface area contributed by atoms with Crippen LogP contribution >= 0.6 is 11.6 Å². The van der Waals surface area contributed by atoms with Crippen molar-refractivity contribution in [1.29, 1.82) is 0 Å². The van der Waals surface area contributed by atoms with Crippen molar-refractivity contribution in [2.45, 2.75) is 87.4 Å². The molecule has 0 heterocycles. The van der Waals surface area contributed by atoms with E-state index in [1.807, 2.05) is 65.8 Å². The molecule has 0 unspecified atom stereocenters. The molecule has 0 N–H and O–H groups in total. The lowest BCUT2D eigenvalue weighted by Gasteiger charge is -2.20. The Labute approximate surface area is 211 Å². The number of ether oxygens (including phenoxy) is 2. The average molecular weight is 489 g/mol. The molecule has 188 valence electrons. The molecule has 0 saturated heterocycles. The van der Waals surface area contributed by atoms with Crippen molar-refractivity contribution in [3.63, 3.8) is 0 Å². The van der Waals surface area contributed by atoms with E-state index in [1.165, 1.54) is 5.56 Å². The second-order valence-electron chi connectivity index (χ2n) is 10.2. The van der Waals surface area contributed by atoms with Gasteiger partial charge in [0.1, 0.15) is 13.2 Å². The van der Waals surface area contributed by atoms with Crippen LogP contribution in [0.15, 0.2) is 48.5 Å². The summed E-state index contributed by atoms with van der Waals surface area (Å²) in [6.07, 6.45) is 1.56. The number of hydrogen-bond donors (Lipinski definition) is 0. The summed E-state index contributed by atoms with van der Waals surface area (Å²) in [7, 11) is 0. The van der Waals surface area contributed by atoms with Gasteiger partial charge < -0.3 is 9.47 Å². The summed E-state index contributed by atoms with van der Waals surface area (Å²) in [6, 6.07) is 15.6. The van der Waals surface area contributed by atoms with Crippen LogP contribution in [-0.4, -0.2) is 11.9 Å². The first kappa shape index (κ1) is 29.7. The molecule has 2 aromatic rings. The van der Waals surface area contributed by atoms with E-state index in [4.69, 9.17) is 21.1 Å². The number of hydrogen-bond acceptors (Lipinski definition) is 4. The van der Waals surface area contributed by atoms with Crippen LogP contribution in [0.1, 0.15) is 90.8 Å². The van der Waals surface area contributed by atoms with E-state index in [9.17, 15) is 9.59 Å². The van der Waals surface area contributed by atoms with E-state index in [-0.39, 0.29) is 18.5 Å². The van der Waals surface area contributed by atoms with Crippen LogP contribution in [0, 0.1) is 10.8 Å². The molecular formula is C29H41ClO4. The maximum atomic E-state index is 11.8. The van der Waals surface area contributed by atoms with Crippen LogP contribution < -0.4 is 0 Å². The van der Waals surface area contributed by atoms with Crippen LogP contribution in [0.5, 0.6) is 0 Å². The molecule has 4 nitrogen and oxygen atoms in total. The number of halogens is 1. The van der Waals surface area contributed by atoms with Gasteiger partial charge in [-0.2, -0.15) is 0 Å². The zero-order chi connectivity index (χ0) is 25.9. The van der Waals surface area contributed by atoms with Gasteiger partial charge in [-0.1, -0.05) is 75.7 Å². The number of benzene rings is 2. The smallest absolute Gasteiger partial charge is 0.311 e. The summed E-state index contributed by atoms with van der Waals surface area (Å²) in [5.41, 5.74) is 2.45. The van der Waals surface area contributed by atoms with Crippen LogP contribution in [0.3, 0.4) is 0 Å². The van der Waals surface area contributed by atoms with Gasteiger partial charge in [-0.25, -0.2) is 0 Å². The topological polar surface area (TPSA) is 52.6 Å². The molecule has 0 aliphatic rings. The molecule has 2 rings (SSSR count). The predicted octanol–water partition coefficient (Wildman–Crippen LogP) is 8.11. The summed E-state index contributed by atoms with van der Waals surface area (Å²) >= 11 is 5.84. The molecule has 2 aromatic carbocycles. The second-order valence-corrected chi connectivity index (χ2v) is 10.6. The van der Waals surface area contributed by atoms with Crippen LogP contribution in [0.2, 0.25) is 5.02 Å². The van der Waals surface area contributed by atoms with Gasteiger partial charge in [-0.3, -0.25) is 9.59 Å². The van der Waals surface area contributed by atoms with Crippen LogP contribution in [0.25, 0.3) is 0 Å². The first-order valence-corrected chi connectivity index (χ1v) is 12.4. The Bertz CT molecular complexity index is 914. The highest BCUT2D eigenvalue weighted by atomic mass is 35.5. The third-order valence-electron chi connectivity index (χ3n) is 6.15. The van der Waals surface area contributed by atoms with Gasteiger partial charge in [0.05, 0.1) is 10.8 Å². The van der Waals surface area contributed by atoms with E-state index in [1.54, 1.807) is 12.1 Å². The predicted molar refractivity (Wildman–Crippen MR) is 140 cm³/mol. The van der Waals surface area contributed by atoms with Gasteiger partial charge >= 0.3 is 11.9 Å². The van der Waals surface area contributed by atoms with Crippen molar-refractivity contribution in [1.82, 2.24) is 0 Å². The standard InChI is InChI=1S/C16H24O2.C13H17ClO2/c1-6-16(4,5)15(17)18-11-13-7-9-14(10-8-13)12(2)3;1-4-13(2,3)12(15)16-9-10-6-5-7-11(14)8-10/h7-10,12H,6,11H2,1-5H3;5-8H,4,9H2,1-3H3. The fraction of sp³-hybridized carbons (Fsp3) is 0.517. The minimum absolute atomic E-state index is 0.127. The molecule has 0 fully saturated rings. The lowest BCUT2D eigenvalue weighted by atomic mass is 9.91. The quantitative estimate of drug-likeness (QED) is 0.334. The molecule has 5 heteroatoms. The maximum absolute atomic E-state index is 11.8. The minimum atomic E-state index is -0.418. The summed E-state index contributed by atoms with van der Waals surface area (Å²) in [6.45, 7) is 16.5. The second kappa shape index (κ2) is 13.5.